The van der Waals surface area contributed by atoms with Crippen LogP contribution in [0.15, 0.2) is 54.1 Å². The molecule has 4 fully saturated rings. The summed E-state index contributed by atoms with van der Waals surface area (Å²) in [7, 11) is 1.73. The molecular formula is C42H43ClN4O6S. The van der Waals surface area contributed by atoms with E-state index in [4.69, 9.17) is 21.4 Å². The van der Waals surface area contributed by atoms with Crippen molar-refractivity contribution in [1.29, 1.82) is 0 Å². The number of halogens is 1. The summed E-state index contributed by atoms with van der Waals surface area (Å²) in [5, 5.41) is 18.3. The first-order valence-electron chi connectivity index (χ1n) is 19.1. The summed E-state index contributed by atoms with van der Waals surface area (Å²) in [4.78, 5) is 62.4. The number of aryl methyl sites for hydroxylation is 2. The van der Waals surface area contributed by atoms with Crippen LogP contribution in [0.4, 0.5) is 5.82 Å². The minimum absolute atomic E-state index is 0.0903. The number of ether oxygens (including phenoxy) is 1. The van der Waals surface area contributed by atoms with E-state index in [0.717, 1.165) is 58.2 Å². The molecule has 4 heterocycles. The van der Waals surface area contributed by atoms with Crippen molar-refractivity contribution in [2.45, 2.75) is 77.7 Å². The van der Waals surface area contributed by atoms with Crippen LogP contribution in [-0.2, 0) is 26.2 Å². The van der Waals surface area contributed by atoms with Gasteiger partial charge in [0, 0.05) is 40.4 Å². The standard InChI is InChI=1S/C42H43ClN4O6S/c1-5-53-31-13-9-12-26(36(31)48)35-24-15-16-25-34(40(51)46(38(25)49)23-10-7-6-8-11-23)28(24)19-29-39(50)47(41(52)42(29,35)3)33-20-30(44-45(33)4)37-21(2)27-18-22(43)14-17-32(27)54-37/h9,12-15,17-18,20,23,25,28-29,34-35,48H,5-8,10-11,16,19H2,1-4H3. The van der Waals surface area contributed by atoms with E-state index in [0.29, 0.717) is 35.1 Å². The molecule has 2 saturated carbocycles. The van der Waals surface area contributed by atoms with Gasteiger partial charge in [-0.2, -0.15) is 5.10 Å². The summed E-state index contributed by atoms with van der Waals surface area (Å²) in [6.07, 6.45) is 7.33. The Morgan fingerprint density at radius 2 is 1.80 bits per heavy atom. The molecule has 4 aromatic rings. The van der Waals surface area contributed by atoms with E-state index in [1.165, 1.54) is 4.90 Å². The van der Waals surface area contributed by atoms with Crippen LogP contribution >= 0.6 is 22.9 Å². The van der Waals surface area contributed by atoms with Gasteiger partial charge in [-0.3, -0.25) is 28.8 Å². The molecule has 2 aromatic heterocycles. The van der Waals surface area contributed by atoms with Gasteiger partial charge in [-0.25, -0.2) is 4.90 Å². The van der Waals surface area contributed by atoms with Crippen LogP contribution < -0.4 is 9.64 Å². The van der Waals surface area contributed by atoms with E-state index >= 15 is 4.79 Å². The molecule has 280 valence electrons. The average molecular weight is 767 g/mol. The number of likely N-dealkylation sites (tertiary alicyclic amines) is 1. The first kappa shape index (κ1) is 35.2. The Labute approximate surface area is 322 Å². The molecule has 3 aliphatic carbocycles. The minimum Gasteiger partial charge on any atom is -0.504 e. The lowest BCUT2D eigenvalue weighted by atomic mass is 9.51. The van der Waals surface area contributed by atoms with Gasteiger partial charge < -0.3 is 9.84 Å². The highest BCUT2D eigenvalue weighted by Crippen LogP contribution is 2.65. The van der Waals surface area contributed by atoms with E-state index in [9.17, 15) is 19.5 Å². The van der Waals surface area contributed by atoms with E-state index < -0.39 is 40.9 Å². The molecule has 9 rings (SSSR count). The topological polar surface area (TPSA) is 122 Å². The highest BCUT2D eigenvalue weighted by molar-refractivity contribution is 7.22. The average Bonchev–Trinajstić information content (AvgIpc) is 3.83. The van der Waals surface area contributed by atoms with E-state index in [1.54, 1.807) is 52.2 Å². The fraction of sp³-hybridized carbons (Fsp3) is 0.452. The van der Waals surface area contributed by atoms with E-state index in [-0.39, 0.29) is 41.7 Å². The van der Waals surface area contributed by atoms with Gasteiger partial charge in [0.2, 0.25) is 23.6 Å². The third kappa shape index (κ3) is 4.92. The maximum atomic E-state index is 15.2. The Morgan fingerprint density at radius 3 is 2.56 bits per heavy atom. The second-order valence-corrected chi connectivity index (χ2v) is 17.3. The van der Waals surface area contributed by atoms with Crippen LogP contribution in [-0.4, -0.2) is 56.1 Å². The smallest absolute Gasteiger partial charge is 0.242 e. The second-order valence-electron chi connectivity index (χ2n) is 15.8. The van der Waals surface area contributed by atoms with Gasteiger partial charge in [-0.1, -0.05) is 54.6 Å². The molecule has 2 aromatic carbocycles. The van der Waals surface area contributed by atoms with Crippen molar-refractivity contribution in [3.8, 4) is 22.1 Å². The largest absolute Gasteiger partial charge is 0.504 e. The molecule has 10 nitrogen and oxygen atoms in total. The summed E-state index contributed by atoms with van der Waals surface area (Å²) in [6.45, 7) is 6.00. The number of thiophene rings is 1. The SMILES string of the molecule is CCOc1cccc(C2C3=CCC4C(=O)N(C5CCCCC5)C(=O)C4C3CC3C(=O)N(c4cc(-c5sc6ccc(Cl)cc6c5C)nn4C)C(=O)C32C)c1O. The number of imide groups is 2. The molecule has 0 radical (unpaired) electrons. The number of carbonyl (C=O) groups excluding carboxylic acids is 4. The van der Waals surface area contributed by atoms with E-state index in [2.05, 4.69) is 0 Å². The normalized spacial score (nSPS) is 28.5. The lowest BCUT2D eigenvalue weighted by Crippen LogP contribution is -2.49. The molecule has 6 unspecified atom stereocenters. The zero-order valence-electron chi connectivity index (χ0n) is 30.8. The Morgan fingerprint density at radius 1 is 1.02 bits per heavy atom. The first-order valence-corrected chi connectivity index (χ1v) is 20.3. The van der Waals surface area contributed by atoms with Crippen molar-refractivity contribution in [3.05, 3.63) is 70.3 Å². The van der Waals surface area contributed by atoms with Crippen molar-refractivity contribution >= 4 is 62.5 Å². The van der Waals surface area contributed by atoms with Crippen LogP contribution in [0.2, 0.25) is 5.02 Å². The molecule has 0 spiro atoms. The van der Waals surface area contributed by atoms with Crippen LogP contribution in [0.25, 0.3) is 20.7 Å². The maximum absolute atomic E-state index is 15.2. The number of rotatable bonds is 6. The van der Waals surface area contributed by atoms with Gasteiger partial charge in [0.25, 0.3) is 0 Å². The fourth-order valence-electron chi connectivity index (χ4n) is 10.6. The zero-order chi connectivity index (χ0) is 37.8. The monoisotopic (exact) mass is 766 g/mol. The number of carbonyl (C=O) groups is 4. The van der Waals surface area contributed by atoms with Crippen LogP contribution in [0.5, 0.6) is 11.5 Å². The molecule has 4 amide bonds. The van der Waals surface area contributed by atoms with Gasteiger partial charge in [0.1, 0.15) is 11.5 Å². The predicted molar refractivity (Wildman–Crippen MR) is 206 cm³/mol. The van der Waals surface area contributed by atoms with E-state index in [1.807, 2.05) is 45.0 Å². The molecule has 5 aliphatic rings. The number of phenolic OH excluding ortho intramolecular Hbond substituents is 1. The summed E-state index contributed by atoms with van der Waals surface area (Å²) in [6, 6.07) is 12.7. The molecule has 2 aliphatic heterocycles. The van der Waals surface area contributed by atoms with Crippen LogP contribution in [0, 0.1) is 36.0 Å². The van der Waals surface area contributed by atoms with Crippen LogP contribution in [0.3, 0.4) is 0 Å². The summed E-state index contributed by atoms with van der Waals surface area (Å²) in [5.74, 6) is -3.68. The summed E-state index contributed by atoms with van der Waals surface area (Å²) in [5.41, 5.74) is 1.63. The third-order valence-electron chi connectivity index (χ3n) is 13.1. The highest BCUT2D eigenvalue weighted by atomic mass is 35.5. The molecule has 12 heteroatoms. The Hall–Kier alpha value is -4.48. The number of aromatic hydroxyl groups is 1. The number of aromatic nitrogens is 2. The number of nitrogens with zero attached hydrogens (tertiary/aromatic N) is 4. The van der Waals surface area contributed by atoms with Crippen LogP contribution in [0.1, 0.15) is 75.8 Å². The Kier molecular flexibility index (Phi) is 8.35. The number of amides is 4. The second kappa shape index (κ2) is 12.8. The van der Waals surface area contributed by atoms with Gasteiger partial charge >= 0.3 is 0 Å². The molecule has 1 N–H and O–H groups in total. The van der Waals surface area contributed by atoms with Crippen molar-refractivity contribution < 1.29 is 29.0 Å². The number of phenols is 1. The summed E-state index contributed by atoms with van der Waals surface area (Å²) < 4.78 is 8.44. The predicted octanol–water partition coefficient (Wildman–Crippen LogP) is 7.93. The third-order valence-corrected chi connectivity index (χ3v) is 14.6. The number of anilines is 1. The number of para-hydroxylation sites is 1. The Balaban J connectivity index is 1.16. The zero-order valence-corrected chi connectivity index (χ0v) is 32.4. The number of benzene rings is 2. The quantitative estimate of drug-likeness (QED) is 0.156. The summed E-state index contributed by atoms with van der Waals surface area (Å²) >= 11 is 7.90. The van der Waals surface area contributed by atoms with Crippen molar-refractivity contribution in [3.63, 3.8) is 0 Å². The van der Waals surface area contributed by atoms with Gasteiger partial charge in [0.05, 0.1) is 34.7 Å². The molecule has 0 bridgehead atoms. The first-order chi connectivity index (χ1) is 25.9. The maximum Gasteiger partial charge on any atom is 0.242 e. The lowest BCUT2D eigenvalue weighted by molar-refractivity contribution is -0.144. The van der Waals surface area contributed by atoms with Crippen molar-refractivity contribution in [2.24, 2.45) is 36.1 Å². The number of hydrogen-bond acceptors (Lipinski definition) is 8. The molecule has 2 saturated heterocycles. The number of hydrogen-bond donors (Lipinski definition) is 1. The van der Waals surface area contributed by atoms with Gasteiger partial charge in [-0.05, 0) is 87.6 Å². The molecule has 54 heavy (non-hydrogen) atoms. The van der Waals surface area contributed by atoms with Gasteiger partial charge in [0.15, 0.2) is 11.5 Å². The fourth-order valence-corrected chi connectivity index (χ4v) is 11.9. The van der Waals surface area contributed by atoms with Crippen molar-refractivity contribution in [1.82, 2.24) is 14.7 Å². The van der Waals surface area contributed by atoms with Crippen molar-refractivity contribution in [2.75, 3.05) is 11.5 Å². The molecular weight excluding hydrogens is 724 g/mol. The lowest BCUT2D eigenvalue weighted by Gasteiger charge is -2.49. The number of allylic oxidation sites excluding steroid dienone is 2. The minimum atomic E-state index is -1.32. The molecule has 6 atom stereocenters. The highest BCUT2D eigenvalue weighted by Gasteiger charge is 2.68. The number of fused-ring (bicyclic) bond motifs is 5. The Bertz CT molecular complexity index is 2310. The van der Waals surface area contributed by atoms with Gasteiger partial charge in [-0.15, -0.1) is 11.3 Å².